The lowest BCUT2D eigenvalue weighted by Crippen LogP contribution is -2.49. The van der Waals surface area contributed by atoms with Gasteiger partial charge in [-0.3, -0.25) is 4.79 Å². The van der Waals surface area contributed by atoms with Crippen molar-refractivity contribution in [2.45, 2.75) is 114 Å². The number of hydrogen-bond acceptors (Lipinski definition) is 7. The molecule has 1 aromatic rings. The summed E-state index contributed by atoms with van der Waals surface area (Å²) in [5, 5.41) is 23.0. The number of ether oxygens (including phenoxy) is 1. The number of aliphatic hydroxyl groups is 2. The van der Waals surface area contributed by atoms with Crippen LogP contribution in [0.3, 0.4) is 0 Å². The van der Waals surface area contributed by atoms with Gasteiger partial charge in [-0.05, 0) is 48.4 Å². The number of amides is 2. The maximum absolute atomic E-state index is 14.2. The Morgan fingerprint density at radius 1 is 1.05 bits per heavy atom. The zero-order valence-electron chi connectivity index (χ0n) is 26.6. The molecule has 2 heterocycles. The van der Waals surface area contributed by atoms with E-state index in [2.05, 4.69) is 59.9 Å². The summed E-state index contributed by atoms with van der Waals surface area (Å²) >= 11 is 3.75. The van der Waals surface area contributed by atoms with E-state index < -0.39 is 50.2 Å². The molecule has 0 spiro atoms. The molecule has 0 radical (unpaired) electrons. The minimum absolute atomic E-state index is 0.0497. The molecule has 2 amide bonds. The van der Waals surface area contributed by atoms with Crippen LogP contribution in [0.5, 0.6) is 0 Å². The molecule has 0 bridgehead atoms. The summed E-state index contributed by atoms with van der Waals surface area (Å²) in [6.07, 6.45) is -1.31. The third-order valence-electron chi connectivity index (χ3n) is 9.39. The molecule has 42 heavy (non-hydrogen) atoms. The van der Waals surface area contributed by atoms with Gasteiger partial charge in [-0.1, -0.05) is 84.7 Å². The second-order valence-electron chi connectivity index (χ2n) is 13.1. The Kier molecular flexibility index (Phi) is 12.5. The summed E-state index contributed by atoms with van der Waals surface area (Å²) in [7, 11) is -2.08. The summed E-state index contributed by atoms with van der Waals surface area (Å²) in [5.74, 6) is 3.30. The Morgan fingerprint density at radius 2 is 1.62 bits per heavy atom. The molecule has 5 atom stereocenters. The molecule has 234 valence electrons. The van der Waals surface area contributed by atoms with Crippen LogP contribution in [0.25, 0.3) is 0 Å². The van der Waals surface area contributed by atoms with Crippen LogP contribution in [-0.2, 0) is 16.0 Å². The highest BCUT2D eigenvalue weighted by Gasteiger charge is 2.46. The van der Waals surface area contributed by atoms with Crippen molar-refractivity contribution >= 4 is 43.6 Å². The van der Waals surface area contributed by atoms with Gasteiger partial charge in [-0.15, -0.1) is 29.1 Å². The molecular weight excluding hydrogens is 583 g/mol. The zero-order valence-corrected chi connectivity index (χ0v) is 29.3. The van der Waals surface area contributed by atoms with Gasteiger partial charge in [-0.2, -0.15) is 0 Å². The monoisotopic (exact) mass is 633 g/mol. The van der Waals surface area contributed by atoms with Crippen LogP contribution in [0.1, 0.15) is 73.8 Å². The van der Waals surface area contributed by atoms with Gasteiger partial charge in [-0.25, -0.2) is 9.69 Å². The van der Waals surface area contributed by atoms with Crippen molar-refractivity contribution in [2.24, 2.45) is 11.8 Å². The van der Waals surface area contributed by atoms with E-state index in [1.807, 2.05) is 53.9 Å². The van der Waals surface area contributed by atoms with Crippen LogP contribution >= 0.6 is 23.5 Å². The van der Waals surface area contributed by atoms with Gasteiger partial charge in [0.15, 0.2) is 0 Å². The van der Waals surface area contributed by atoms with E-state index in [0.717, 1.165) is 17.1 Å². The fourth-order valence-electron chi connectivity index (χ4n) is 6.82. The second-order valence-corrected chi connectivity index (χ2v) is 22.1. The van der Waals surface area contributed by atoms with Crippen molar-refractivity contribution in [3.05, 3.63) is 35.9 Å². The molecule has 9 heteroatoms. The SMILES string of the molecule is CC(C)[Si](C#C[C@H](O)[C@H](C)[C@@H](O)[C@@H](CCC1(C)SCCS1)C(=O)N1C(=O)OC[C@@H]1Cc1ccccc1)(C(C)C)C(C)C. The molecule has 0 aliphatic carbocycles. The quantitative estimate of drug-likeness (QED) is 0.195. The molecule has 2 aliphatic heterocycles. The first-order valence-corrected chi connectivity index (χ1v) is 19.6. The third-order valence-corrected chi connectivity index (χ3v) is 19.1. The molecule has 3 rings (SSSR count). The van der Waals surface area contributed by atoms with E-state index in [-0.39, 0.29) is 10.7 Å². The van der Waals surface area contributed by atoms with Gasteiger partial charge in [0.1, 0.15) is 20.8 Å². The first kappa shape index (κ1) is 35.0. The molecule has 1 aromatic carbocycles. The molecule has 2 saturated heterocycles. The summed E-state index contributed by atoms with van der Waals surface area (Å²) in [5.41, 5.74) is 5.82. The first-order valence-electron chi connectivity index (χ1n) is 15.4. The van der Waals surface area contributed by atoms with Crippen LogP contribution in [0.2, 0.25) is 16.6 Å². The number of nitrogens with zero attached hydrogens (tertiary/aromatic N) is 1. The lowest BCUT2D eigenvalue weighted by molar-refractivity contribution is -0.139. The Bertz CT molecular complexity index is 1090. The van der Waals surface area contributed by atoms with E-state index in [1.165, 1.54) is 4.90 Å². The lowest BCUT2D eigenvalue weighted by Gasteiger charge is -2.38. The van der Waals surface area contributed by atoms with Crippen LogP contribution in [0.15, 0.2) is 30.3 Å². The standard InChI is InChI=1S/C33H51NO5S2Si/c1-22(2)42(23(3)4,24(5)6)19-15-29(35)25(7)30(36)28(14-16-33(8)40-17-18-41-33)31(37)34-27(21-39-32(34)38)20-26-12-10-9-11-13-26/h9-13,22-25,27-30,35-36H,14,16-18,20-21H2,1-8H3/t25-,27-,28+,29-,30+/m0/s1. The largest absolute Gasteiger partial charge is 0.447 e. The maximum Gasteiger partial charge on any atom is 0.416 e. The number of carbonyl (C=O) groups is 2. The van der Waals surface area contributed by atoms with Crippen molar-refractivity contribution in [3.63, 3.8) is 0 Å². The van der Waals surface area contributed by atoms with E-state index in [0.29, 0.717) is 35.9 Å². The molecule has 2 fully saturated rings. The van der Waals surface area contributed by atoms with Crippen molar-refractivity contribution in [1.29, 1.82) is 0 Å². The molecule has 2 aliphatic rings. The Balaban J connectivity index is 1.88. The predicted octanol–water partition coefficient (Wildman–Crippen LogP) is 6.75. The van der Waals surface area contributed by atoms with E-state index in [4.69, 9.17) is 4.74 Å². The molecule has 6 nitrogen and oxygen atoms in total. The molecule has 0 aromatic heterocycles. The van der Waals surface area contributed by atoms with Gasteiger partial charge in [0.2, 0.25) is 5.91 Å². The second kappa shape index (κ2) is 15.0. The van der Waals surface area contributed by atoms with Crippen LogP contribution in [0.4, 0.5) is 4.79 Å². The number of imide groups is 1. The van der Waals surface area contributed by atoms with Gasteiger partial charge in [0.05, 0.1) is 22.1 Å². The van der Waals surface area contributed by atoms with Crippen molar-refractivity contribution < 1.29 is 24.5 Å². The smallest absolute Gasteiger partial charge is 0.416 e. The minimum atomic E-state index is -2.08. The predicted molar refractivity (Wildman–Crippen MR) is 178 cm³/mol. The Morgan fingerprint density at radius 3 is 2.17 bits per heavy atom. The van der Waals surface area contributed by atoms with Gasteiger partial charge in [0, 0.05) is 17.4 Å². The van der Waals surface area contributed by atoms with Gasteiger partial charge in [0.25, 0.3) is 0 Å². The number of thioether (sulfide) groups is 2. The first-order chi connectivity index (χ1) is 19.7. The molecule has 0 saturated carbocycles. The highest BCUT2D eigenvalue weighted by molar-refractivity contribution is 8.21. The van der Waals surface area contributed by atoms with E-state index in [9.17, 15) is 19.8 Å². The number of benzene rings is 1. The topological polar surface area (TPSA) is 87.1 Å². The summed E-state index contributed by atoms with van der Waals surface area (Å²) in [6.45, 7) is 17.4. The molecule has 0 unspecified atom stereocenters. The number of rotatable bonds is 12. The average Bonchev–Trinajstić information content (AvgIpc) is 3.53. The van der Waals surface area contributed by atoms with E-state index in [1.54, 1.807) is 6.92 Å². The third kappa shape index (κ3) is 7.98. The number of cyclic esters (lactones) is 1. The lowest BCUT2D eigenvalue weighted by atomic mass is 9.84. The molecule has 2 N–H and O–H groups in total. The Labute approximate surface area is 263 Å². The normalized spacial score (nSPS) is 21.7. The number of carbonyl (C=O) groups excluding carboxylic acids is 2. The van der Waals surface area contributed by atoms with E-state index >= 15 is 0 Å². The minimum Gasteiger partial charge on any atom is -0.447 e. The zero-order chi connectivity index (χ0) is 31.2. The van der Waals surface area contributed by atoms with Gasteiger partial charge < -0.3 is 14.9 Å². The Hall–Kier alpha value is -1.44. The fraction of sp³-hybridized carbons (Fsp3) is 0.697. The summed E-state index contributed by atoms with van der Waals surface area (Å²) in [4.78, 5) is 28.3. The summed E-state index contributed by atoms with van der Waals surface area (Å²) < 4.78 is 5.31. The van der Waals surface area contributed by atoms with Crippen molar-refractivity contribution in [2.75, 3.05) is 18.1 Å². The molecular formula is C33H51NO5S2Si. The van der Waals surface area contributed by atoms with Crippen molar-refractivity contribution in [1.82, 2.24) is 4.90 Å². The fourth-order valence-corrected chi connectivity index (χ4v) is 15.0. The van der Waals surface area contributed by atoms with Crippen LogP contribution in [0, 0.1) is 23.3 Å². The van der Waals surface area contributed by atoms with Crippen LogP contribution in [-0.4, -0.2) is 75.6 Å². The highest BCUT2D eigenvalue weighted by Crippen LogP contribution is 2.47. The number of hydrogen-bond donors (Lipinski definition) is 2. The van der Waals surface area contributed by atoms with Gasteiger partial charge >= 0.3 is 6.09 Å². The average molecular weight is 634 g/mol. The van der Waals surface area contributed by atoms with Crippen molar-refractivity contribution in [3.8, 4) is 11.5 Å². The van der Waals surface area contributed by atoms with Crippen LogP contribution < -0.4 is 0 Å². The maximum atomic E-state index is 14.2. The summed E-state index contributed by atoms with van der Waals surface area (Å²) in [6, 6.07) is 9.30. The number of aliphatic hydroxyl groups excluding tert-OH is 2. The highest BCUT2D eigenvalue weighted by atomic mass is 32.2.